The van der Waals surface area contributed by atoms with Gasteiger partial charge >= 0.3 is 12.2 Å². The molecule has 0 aromatic heterocycles. The van der Waals surface area contributed by atoms with E-state index < -0.39 is 42.6 Å². The van der Waals surface area contributed by atoms with Gasteiger partial charge in [-0.25, -0.2) is 9.18 Å². The maximum absolute atomic E-state index is 13.6. The molecule has 1 aromatic carbocycles. The Morgan fingerprint density at radius 1 is 1.30 bits per heavy atom. The van der Waals surface area contributed by atoms with E-state index >= 15 is 0 Å². The predicted octanol–water partition coefficient (Wildman–Crippen LogP) is 4.05. The van der Waals surface area contributed by atoms with E-state index in [-0.39, 0.29) is 28.6 Å². The van der Waals surface area contributed by atoms with E-state index in [4.69, 9.17) is 23.2 Å². The Morgan fingerprint density at radius 3 is 2.59 bits per heavy atom. The van der Waals surface area contributed by atoms with Crippen LogP contribution in [0.3, 0.4) is 0 Å². The van der Waals surface area contributed by atoms with Crippen LogP contribution in [0.25, 0.3) is 0 Å². The summed E-state index contributed by atoms with van der Waals surface area (Å²) in [5.74, 6) is -1.58. The van der Waals surface area contributed by atoms with E-state index in [1.165, 1.54) is 6.07 Å². The van der Waals surface area contributed by atoms with Crippen LogP contribution in [-0.4, -0.2) is 42.1 Å². The molecule has 1 fully saturated rings. The summed E-state index contributed by atoms with van der Waals surface area (Å²) in [5.41, 5.74) is 0.282. The molecule has 0 saturated carbocycles. The molecule has 1 heterocycles. The summed E-state index contributed by atoms with van der Waals surface area (Å²) in [7, 11) is 0. The monoisotopic (exact) mass is 429 g/mol. The number of benzene rings is 1. The maximum Gasteiger partial charge on any atom is 0.405 e. The summed E-state index contributed by atoms with van der Waals surface area (Å²) < 4.78 is 50.4. The topological polar surface area (TPSA) is 61.4 Å². The second-order valence-electron chi connectivity index (χ2n) is 6.14. The zero-order valence-electron chi connectivity index (χ0n) is 14.2. The molecule has 0 aliphatic carbocycles. The van der Waals surface area contributed by atoms with Crippen LogP contribution in [-0.2, 0) is 4.79 Å². The average molecular weight is 430 g/mol. The van der Waals surface area contributed by atoms with Crippen molar-refractivity contribution < 1.29 is 27.2 Å². The Bertz CT molecular complexity index is 730. The lowest BCUT2D eigenvalue weighted by atomic mass is 10.1. The molecule has 1 saturated heterocycles. The van der Waals surface area contributed by atoms with Crippen molar-refractivity contribution in [2.75, 3.05) is 13.1 Å². The molecular formula is C16H17Cl2F4N3O2. The highest BCUT2D eigenvalue weighted by molar-refractivity contribution is 6.35. The molecular weight excluding hydrogens is 413 g/mol. The summed E-state index contributed by atoms with van der Waals surface area (Å²) in [6.45, 7) is 0.306. The summed E-state index contributed by atoms with van der Waals surface area (Å²) in [4.78, 5) is 25.6. The summed E-state index contributed by atoms with van der Waals surface area (Å²) >= 11 is 11.7. The number of rotatable bonds is 4. The minimum Gasteiger partial charge on any atom is -0.345 e. The largest absolute Gasteiger partial charge is 0.405 e. The first-order valence-corrected chi connectivity index (χ1v) is 8.81. The number of hydrogen-bond acceptors (Lipinski definition) is 2. The number of carbonyl (C=O) groups is 2. The molecule has 1 aliphatic heterocycles. The lowest BCUT2D eigenvalue weighted by Gasteiger charge is -2.26. The van der Waals surface area contributed by atoms with Crippen molar-refractivity contribution in [3.05, 3.63) is 33.6 Å². The van der Waals surface area contributed by atoms with Crippen LogP contribution in [0.1, 0.15) is 31.4 Å². The molecule has 150 valence electrons. The minimum absolute atomic E-state index is 0.148. The molecule has 0 bridgehead atoms. The molecule has 5 nitrogen and oxygen atoms in total. The Kier molecular flexibility index (Phi) is 6.80. The van der Waals surface area contributed by atoms with Crippen LogP contribution < -0.4 is 10.6 Å². The van der Waals surface area contributed by atoms with Crippen molar-refractivity contribution in [1.29, 1.82) is 0 Å². The van der Waals surface area contributed by atoms with E-state index in [2.05, 4.69) is 5.32 Å². The zero-order chi connectivity index (χ0) is 20.4. The number of hydrogen-bond donors (Lipinski definition) is 2. The third-order valence-electron chi connectivity index (χ3n) is 4.13. The molecule has 11 heteroatoms. The van der Waals surface area contributed by atoms with Gasteiger partial charge in [0.1, 0.15) is 18.4 Å². The minimum atomic E-state index is -4.54. The van der Waals surface area contributed by atoms with Gasteiger partial charge < -0.3 is 15.5 Å². The van der Waals surface area contributed by atoms with E-state index in [1.807, 2.05) is 0 Å². The molecule has 3 amide bonds. The Morgan fingerprint density at radius 2 is 1.96 bits per heavy atom. The van der Waals surface area contributed by atoms with Crippen LogP contribution in [0.4, 0.5) is 22.4 Å². The number of alkyl halides is 3. The average Bonchev–Trinajstić information content (AvgIpc) is 3.05. The zero-order valence-corrected chi connectivity index (χ0v) is 15.7. The number of nitrogens with one attached hydrogen (secondary N) is 2. The van der Waals surface area contributed by atoms with Crippen LogP contribution in [0.5, 0.6) is 0 Å². The van der Waals surface area contributed by atoms with Crippen molar-refractivity contribution in [3.8, 4) is 0 Å². The van der Waals surface area contributed by atoms with Gasteiger partial charge in [0.05, 0.1) is 11.1 Å². The van der Waals surface area contributed by atoms with Gasteiger partial charge in [-0.05, 0) is 37.5 Å². The summed E-state index contributed by atoms with van der Waals surface area (Å²) in [6, 6.07) is -0.0703. The molecule has 1 aliphatic rings. The standard InChI is InChI=1S/C16H17Cl2F4N3O2/c1-8(9-5-12(19)11(18)6-10(9)17)24-15(27)25-4-2-3-13(25)14(26)23-7-16(20,21)22/h5-6,8,13H,2-4,7H2,1H3,(H,23,26)(H,24,27). The Hall–Kier alpha value is -1.74. The second-order valence-corrected chi connectivity index (χ2v) is 6.96. The van der Waals surface area contributed by atoms with Gasteiger partial charge in [-0.1, -0.05) is 23.2 Å². The van der Waals surface area contributed by atoms with Crippen LogP contribution >= 0.6 is 23.2 Å². The van der Waals surface area contributed by atoms with E-state index in [0.717, 1.165) is 11.0 Å². The lowest BCUT2D eigenvalue weighted by molar-refractivity contribution is -0.140. The van der Waals surface area contributed by atoms with Gasteiger partial charge in [-0.3, -0.25) is 4.79 Å². The van der Waals surface area contributed by atoms with Crippen LogP contribution in [0, 0.1) is 5.82 Å². The molecule has 2 atom stereocenters. The van der Waals surface area contributed by atoms with Gasteiger partial charge in [-0.15, -0.1) is 0 Å². The molecule has 2 rings (SSSR count). The fraction of sp³-hybridized carbons (Fsp3) is 0.500. The quantitative estimate of drug-likeness (QED) is 0.560. The highest BCUT2D eigenvalue weighted by atomic mass is 35.5. The number of halogens is 6. The first-order chi connectivity index (χ1) is 12.5. The van der Waals surface area contributed by atoms with Gasteiger partial charge in [0.2, 0.25) is 5.91 Å². The smallest absolute Gasteiger partial charge is 0.345 e. The Labute approximate surface area is 163 Å². The van der Waals surface area contributed by atoms with Gasteiger partial charge in [0.15, 0.2) is 0 Å². The van der Waals surface area contributed by atoms with Crippen molar-refractivity contribution in [3.63, 3.8) is 0 Å². The molecule has 2 unspecified atom stereocenters. The van der Waals surface area contributed by atoms with Crippen molar-refractivity contribution in [2.24, 2.45) is 0 Å². The van der Waals surface area contributed by atoms with E-state index in [9.17, 15) is 27.2 Å². The third kappa shape index (κ3) is 5.62. The second kappa shape index (κ2) is 8.52. The third-order valence-corrected chi connectivity index (χ3v) is 4.74. The first kappa shape index (κ1) is 21.6. The maximum atomic E-state index is 13.6. The van der Waals surface area contributed by atoms with Crippen molar-refractivity contribution >= 4 is 35.1 Å². The SMILES string of the molecule is CC(NC(=O)N1CCCC1C(=O)NCC(F)(F)F)c1cc(F)c(Cl)cc1Cl. The highest BCUT2D eigenvalue weighted by Crippen LogP contribution is 2.29. The summed E-state index contributed by atoms with van der Waals surface area (Å²) in [6.07, 6.45) is -3.81. The fourth-order valence-corrected chi connectivity index (χ4v) is 3.35. The number of carbonyl (C=O) groups excluding carboxylic acids is 2. The molecule has 0 spiro atoms. The number of amides is 3. The van der Waals surface area contributed by atoms with E-state index in [1.54, 1.807) is 12.2 Å². The van der Waals surface area contributed by atoms with E-state index in [0.29, 0.717) is 6.42 Å². The Balaban J connectivity index is 2.04. The van der Waals surface area contributed by atoms with Gasteiger partial charge in [-0.2, -0.15) is 13.2 Å². The highest BCUT2D eigenvalue weighted by Gasteiger charge is 2.36. The first-order valence-electron chi connectivity index (χ1n) is 8.05. The number of urea groups is 1. The fourth-order valence-electron chi connectivity index (χ4n) is 2.80. The van der Waals surface area contributed by atoms with Gasteiger partial charge in [0, 0.05) is 11.6 Å². The number of nitrogens with zero attached hydrogens (tertiary/aromatic N) is 1. The van der Waals surface area contributed by atoms with Crippen LogP contribution in [0.15, 0.2) is 12.1 Å². The van der Waals surface area contributed by atoms with Crippen molar-refractivity contribution in [1.82, 2.24) is 15.5 Å². The van der Waals surface area contributed by atoms with Crippen molar-refractivity contribution in [2.45, 2.75) is 38.0 Å². The van der Waals surface area contributed by atoms with Crippen LogP contribution in [0.2, 0.25) is 10.0 Å². The predicted molar refractivity (Wildman–Crippen MR) is 92.2 cm³/mol. The molecule has 27 heavy (non-hydrogen) atoms. The molecule has 2 N–H and O–H groups in total. The molecule has 1 aromatic rings. The summed E-state index contributed by atoms with van der Waals surface area (Å²) in [5, 5.41) is 4.34. The lowest BCUT2D eigenvalue weighted by Crippen LogP contribution is -2.51. The molecule has 0 radical (unpaired) electrons. The number of likely N-dealkylation sites (tertiary alicyclic amines) is 1. The normalized spacial score (nSPS) is 18.3. The van der Waals surface area contributed by atoms with Gasteiger partial charge in [0.25, 0.3) is 0 Å².